The molecule has 0 saturated carbocycles. The molecule has 0 heterocycles. The van der Waals surface area contributed by atoms with Crippen LogP contribution in [0.3, 0.4) is 0 Å². The van der Waals surface area contributed by atoms with Crippen molar-refractivity contribution in [3.63, 3.8) is 0 Å². The van der Waals surface area contributed by atoms with E-state index in [1.807, 2.05) is 13.8 Å². The van der Waals surface area contributed by atoms with E-state index in [1.54, 1.807) is 20.8 Å². The first kappa shape index (κ1) is 18.4. The molecular weight excluding hydrogens is 264 g/mol. The third-order valence-electron chi connectivity index (χ3n) is 1.91. The number of hydrogen-bond donors (Lipinski definition) is 0. The molecule has 0 amide bonds. The predicted molar refractivity (Wildman–Crippen MR) is 72.0 cm³/mol. The molecule has 0 bridgehead atoms. The Morgan fingerprint density at radius 1 is 1.00 bits per heavy atom. The molecule has 0 N–H and O–H groups in total. The Kier molecular flexibility index (Phi) is 7.87. The molecule has 0 aliphatic carbocycles. The molecule has 20 heavy (non-hydrogen) atoms. The minimum Gasteiger partial charge on any atom is -0.460 e. The zero-order valence-corrected chi connectivity index (χ0v) is 12.9. The van der Waals surface area contributed by atoms with Crippen LogP contribution < -0.4 is 0 Å². The molecule has 0 aromatic carbocycles. The molecule has 0 fully saturated rings. The van der Waals surface area contributed by atoms with Crippen LogP contribution in [-0.4, -0.2) is 30.3 Å². The van der Waals surface area contributed by atoms with Crippen LogP contribution in [-0.2, 0) is 23.8 Å². The highest BCUT2D eigenvalue weighted by Crippen LogP contribution is 2.10. The van der Waals surface area contributed by atoms with E-state index < -0.39 is 17.7 Å². The van der Waals surface area contributed by atoms with Crippen LogP contribution >= 0.6 is 0 Å². The van der Waals surface area contributed by atoms with Gasteiger partial charge >= 0.3 is 18.1 Å². The van der Waals surface area contributed by atoms with Gasteiger partial charge in [0.2, 0.25) is 0 Å². The van der Waals surface area contributed by atoms with Gasteiger partial charge < -0.3 is 14.2 Å². The fourth-order valence-corrected chi connectivity index (χ4v) is 1.18. The van der Waals surface area contributed by atoms with E-state index in [0.717, 1.165) is 0 Å². The van der Waals surface area contributed by atoms with Crippen molar-refractivity contribution in [2.24, 2.45) is 5.92 Å². The average molecular weight is 288 g/mol. The maximum atomic E-state index is 11.4. The van der Waals surface area contributed by atoms with Crippen molar-refractivity contribution in [3.8, 4) is 0 Å². The Morgan fingerprint density at radius 2 is 1.55 bits per heavy atom. The number of hydrogen-bond acceptors (Lipinski definition) is 6. The summed E-state index contributed by atoms with van der Waals surface area (Å²) in [5, 5.41) is 0. The molecule has 0 aliphatic heterocycles. The molecule has 0 aromatic rings. The second kappa shape index (κ2) is 8.55. The summed E-state index contributed by atoms with van der Waals surface area (Å²) in [7, 11) is 0. The Labute approximate surface area is 119 Å². The van der Waals surface area contributed by atoms with Crippen molar-refractivity contribution >= 4 is 18.1 Å². The minimum atomic E-state index is -0.999. The summed E-state index contributed by atoms with van der Waals surface area (Å²) >= 11 is 0. The third-order valence-corrected chi connectivity index (χ3v) is 1.91. The lowest BCUT2D eigenvalue weighted by Crippen LogP contribution is -2.23. The van der Waals surface area contributed by atoms with Gasteiger partial charge in [0.05, 0.1) is 6.61 Å². The van der Waals surface area contributed by atoms with Crippen molar-refractivity contribution in [1.29, 1.82) is 0 Å². The SMILES string of the molecule is CC(C)COC(=O)OC(=O)CCCC(=O)OC(C)(C)C. The largest absolute Gasteiger partial charge is 0.516 e. The van der Waals surface area contributed by atoms with Crippen LogP contribution in [0.15, 0.2) is 0 Å². The molecular formula is C14H24O6. The fourth-order valence-electron chi connectivity index (χ4n) is 1.18. The Balaban J connectivity index is 3.78. The van der Waals surface area contributed by atoms with Crippen molar-refractivity contribution in [1.82, 2.24) is 0 Å². The molecule has 6 heteroatoms. The van der Waals surface area contributed by atoms with E-state index in [4.69, 9.17) is 9.47 Å². The number of carbonyl (C=O) groups excluding carboxylic acids is 3. The Bertz CT molecular complexity index is 340. The third kappa shape index (κ3) is 11.5. The molecule has 0 radical (unpaired) electrons. The highest BCUT2D eigenvalue weighted by molar-refractivity contribution is 5.82. The van der Waals surface area contributed by atoms with Gasteiger partial charge in [-0.1, -0.05) is 13.8 Å². The van der Waals surface area contributed by atoms with Crippen molar-refractivity contribution in [3.05, 3.63) is 0 Å². The van der Waals surface area contributed by atoms with Gasteiger partial charge in [-0.15, -0.1) is 0 Å². The summed E-state index contributed by atoms with van der Waals surface area (Å²) in [6.45, 7) is 9.24. The fraction of sp³-hybridized carbons (Fsp3) is 0.786. The van der Waals surface area contributed by atoms with Crippen molar-refractivity contribution in [2.75, 3.05) is 6.61 Å². The first-order chi connectivity index (χ1) is 9.10. The topological polar surface area (TPSA) is 78.9 Å². The molecule has 0 unspecified atom stereocenters. The molecule has 6 nitrogen and oxygen atoms in total. The van der Waals surface area contributed by atoms with E-state index in [2.05, 4.69) is 4.74 Å². The van der Waals surface area contributed by atoms with E-state index in [-0.39, 0.29) is 37.8 Å². The molecule has 0 aliphatic rings. The molecule has 0 spiro atoms. The van der Waals surface area contributed by atoms with Crippen LogP contribution in [0.25, 0.3) is 0 Å². The van der Waals surface area contributed by atoms with Gasteiger partial charge in [-0.3, -0.25) is 9.59 Å². The summed E-state index contributed by atoms with van der Waals surface area (Å²) in [5.74, 6) is -0.917. The standard InChI is InChI=1S/C14H24O6/c1-10(2)9-18-13(17)19-11(15)7-6-8-12(16)20-14(3,4)5/h10H,6-9H2,1-5H3. The molecule has 0 atom stereocenters. The number of carbonyl (C=O) groups is 3. The predicted octanol–water partition coefficient (Wildman–Crippen LogP) is 2.83. The Morgan fingerprint density at radius 3 is 2.05 bits per heavy atom. The van der Waals surface area contributed by atoms with Crippen LogP contribution in [0.5, 0.6) is 0 Å². The minimum absolute atomic E-state index is 0.0317. The monoisotopic (exact) mass is 288 g/mol. The van der Waals surface area contributed by atoms with Gasteiger partial charge in [-0.05, 0) is 33.1 Å². The van der Waals surface area contributed by atoms with Gasteiger partial charge in [0.15, 0.2) is 0 Å². The van der Waals surface area contributed by atoms with E-state index in [1.165, 1.54) is 0 Å². The van der Waals surface area contributed by atoms with Gasteiger partial charge in [0, 0.05) is 12.8 Å². The average Bonchev–Trinajstić information content (AvgIpc) is 2.23. The maximum Gasteiger partial charge on any atom is 0.516 e. The van der Waals surface area contributed by atoms with E-state index >= 15 is 0 Å². The second-order valence-electron chi connectivity index (χ2n) is 5.87. The molecule has 116 valence electrons. The van der Waals surface area contributed by atoms with Crippen molar-refractivity contribution < 1.29 is 28.6 Å². The lowest BCUT2D eigenvalue weighted by Gasteiger charge is -2.19. The first-order valence-corrected chi connectivity index (χ1v) is 6.69. The lowest BCUT2D eigenvalue weighted by atomic mass is 10.2. The lowest BCUT2D eigenvalue weighted by molar-refractivity contribution is -0.155. The van der Waals surface area contributed by atoms with Crippen LogP contribution in [0.1, 0.15) is 53.9 Å². The zero-order valence-electron chi connectivity index (χ0n) is 12.9. The van der Waals surface area contributed by atoms with E-state index in [0.29, 0.717) is 0 Å². The molecule has 0 saturated heterocycles. The number of ether oxygens (including phenoxy) is 3. The van der Waals surface area contributed by atoms with Crippen LogP contribution in [0, 0.1) is 5.92 Å². The normalized spacial score (nSPS) is 11.1. The summed E-state index contributed by atoms with van der Waals surface area (Å²) in [4.78, 5) is 33.7. The zero-order chi connectivity index (χ0) is 15.8. The smallest absolute Gasteiger partial charge is 0.460 e. The Hall–Kier alpha value is -1.59. The maximum absolute atomic E-state index is 11.4. The number of rotatable bonds is 6. The quantitative estimate of drug-likeness (QED) is 0.552. The summed E-state index contributed by atoms with van der Waals surface area (Å²) in [6.07, 6.45) is -0.657. The van der Waals surface area contributed by atoms with Gasteiger partial charge in [-0.25, -0.2) is 4.79 Å². The second-order valence-corrected chi connectivity index (χ2v) is 5.87. The van der Waals surface area contributed by atoms with Crippen molar-refractivity contribution in [2.45, 2.75) is 59.5 Å². The summed E-state index contributed by atoms with van der Waals surface area (Å²) in [5.41, 5.74) is -0.543. The van der Waals surface area contributed by atoms with Gasteiger partial charge in [0.25, 0.3) is 0 Å². The summed E-state index contributed by atoms with van der Waals surface area (Å²) < 4.78 is 14.2. The first-order valence-electron chi connectivity index (χ1n) is 6.69. The van der Waals surface area contributed by atoms with E-state index in [9.17, 15) is 14.4 Å². The van der Waals surface area contributed by atoms with Crippen LogP contribution in [0.2, 0.25) is 0 Å². The summed E-state index contributed by atoms with van der Waals surface area (Å²) in [6, 6.07) is 0. The molecule has 0 aromatic heterocycles. The van der Waals surface area contributed by atoms with Crippen LogP contribution in [0.4, 0.5) is 4.79 Å². The number of esters is 2. The molecule has 0 rings (SSSR count). The van der Waals surface area contributed by atoms with Gasteiger partial charge in [-0.2, -0.15) is 0 Å². The highest BCUT2D eigenvalue weighted by Gasteiger charge is 2.17. The highest BCUT2D eigenvalue weighted by atomic mass is 16.7. The van der Waals surface area contributed by atoms with Gasteiger partial charge in [0.1, 0.15) is 5.60 Å².